The smallest absolute Gasteiger partial charge is 0.305 e. The molecule has 4 rings (SSSR count). The third-order valence-corrected chi connectivity index (χ3v) is 12.4. The summed E-state index contributed by atoms with van der Waals surface area (Å²) in [5, 5.41) is 38.2. The molecule has 236 valence electrons. The summed E-state index contributed by atoms with van der Waals surface area (Å²) in [5.74, 6) is 3.02. The van der Waals surface area contributed by atoms with Crippen LogP contribution in [0.4, 0.5) is 0 Å². The van der Waals surface area contributed by atoms with Gasteiger partial charge in [0.25, 0.3) is 0 Å². The first-order valence-corrected chi connectivity index (χ1v) is 16.3. The van der Waals surface area contributed by atoms with Gasteiger partial charge in [0, 0.05) is 17.3 Å². The summed E-state index contributed by atoms with van der Waals surface area (Å²) < 4.78 is 11.7. The zero-order valence-corrected chi connectivity index (χ0v) is 26.4. The minimum atomic E-state index is -0.787. The number of carbonyl (C=O) groups is 1. The molecule has 0 amide bonds. The number of aliphatic hydroxyl groups excluding tert-OH is 4. The molecule has 41 heavy (non-hydrogen) atoms. The molecule has 0 saturated heterocycles. The molecule has 0 aromatic carbocycles. The van der Waals surface area contributed by atoms with Crippen LogP contribution in [-0.2, 0) is 14.3 Å². The average molecular weight is 579 g/mol. The molecule has 0 aromatic rings. The second-order valence-corrected chi connectivity index (χ2v) is 15.6. The highest BCUT2D eigenvalue weighted by Gasteiger charge is 2.59. The van der Waals surface area contributed by atoms with Gasteiger partial charge in [-0.15, -0.1) is 0 Å². The normalized spacial score (nSPS) is 36.1. The van der Waals surface area contributed by atoms with Crippen LogP contribution >= 0.6 is 0 Å². The third kappa shape index (κ3) is 6.60. The average Bonchev–Trinajstić information content (AvgIpc) is 3.34. The Bertz CT molecular complexity index is 924. The maximum atomic E-state index is 12.5. The molecule has 3 fully saturated rings. The molecule has 8 atom stereocenters. The Kier molecular flexibility index (Phi) is 10.4. The van der Waals surface area contributed by atoms with Gasteiger partial charge in [0.15, 0.2) is 0 Å². The first kappa shape index (κ1) is 32.9. The lowest BCUT2D eigenvalue weighted by molar-refractivity contribution is -0.149. The molecule has 3 saturated carbocycles. The fourth-order valence-corrected chi connectivity index (χ4v) is 9.22. The largest absolute Gasteiger partial charge is 0.465 e. The van der Waals surface area contributed by atoms with Crippen molar-refractivity contribution in [2.75, 3.05) is 39.6 Å². The van der Waals surface area contributed by atoms with E-state index in [2.05, 4.69) is 26.8 Å². The van der Waals surface area contributed by atoms with Crippen LogP contribution in [0.3, 0.4) is 0 Å². The Labute approximate surface area is 248 Å². The number of aliphatic hydroxyl groups is 4. The van der Waals surface area contributed by atoms with E-state index in [1.165, 1.54) is 25.7 Å². The van der Waals surface area contributed by atoms with Gasteiger partial charge < -0.3 is 29.9 Å². The van der Waals surface area contributed by atoms with Crippen LogP contribution in [0, 0.1) is 51.2 Å². The van der Waals surface area contributed by atoms with E-state index in [-0.39, 0.29) is 50.5 Å². The van der Waals surface area contributed by atoms with Crippen LogP contribution in [0.1, 0.15) is 98.8 Å². The minimum Gasteiger partial charge on any atom is -0.465 e. The Balaban J connectivity index is 1.35. The van der Waals surface area contributed by atoms with Crippen molar-refractivity contribution in [3.8, 4) is 0 Å². The van der Waals surface area contributed by atoms with Crippen molar-refractivity contribution in [3.63, 3.8) is 0 Å². The van der Waals surface area contributed by atoms with E-state index in [9.17, 15) is 25.2 Å². The number of hydrogen-bond donors (Lipinski definition) is 4. The van der Waals surface area contributed by atoms with Crippen molar-refractivity contribution < 1.29 is 34.7 Å². The summed E-state index contributed by atoms with van der Waals surface area (Å²) >= 11 is 0. The van der Waals surface area contributed by atoms with Crippen LogP contribution in [0.15, 0.2) is 11.6 Å². The zero-order chi connectivity index (χ0) is 30.1. The van der Waals surface area contributed by atoms with Gasteiger partial charge in [-0.05, 0) is 98.2 Å². The number of allylic oxidation sites excluding steroid dienone is 1. The van der Waals surface area contributed by atoms with E-state index in [0.717, 1.165) is 49.9 Å². The fraction of sp³-hybridized carbons (Fsp3) is 0.912. The number of carbonyl (C=O) groups excluding carboxylic acids is 1. The number of rotatable bonds is 13. The SMILES string of the molecule is C[C@H](CCC(=O)OCC(C)(CO)CO)[C@H]1CC[C@H]2[C@@H]3CC=C4C[C@@H](OCC(C)(CO)CO)CC[C@]4(C)[C@H]3CC[C@]12C. The van der Waals surface area contributed by atoms with Gasteiger partial charge in [0.05, 0.1) is 39.1 Å². The standard InChI is InChI=1S/C34H58O7/c1-23(6-11-30(39)41-22-32(3,19-37)20-38)27-9-10-28-26-8-7-24-16-25(40-21-31(2,17-35)18-36)12-14-33(24,4)29(26)13-15-34(27,28)5/h7,23,25-29,35-38H,6,8-22H2,1-5H3/t23-,25+,26+,27-,28+,29+,33+,34-/m1/s1. The topological polar surface area (TPSA) is 116 Å². The number of fused-ring (bicyclic) bond motifs is 5. The van der Waals surface area contributed by atoms with Crippen molar-refractivity contribution in [1.82, 2.24) is 0 Å². The summed E-state index contributed by atoms with van der Waals surface area (Å²) in [5.41, 5.74) is 0.765. The minimum absolute atomic E-state index is 0.0470. The van der Waals surface area contributed by atoms with E-state index in [4.69, 9.17) is 9.47 Å². The van der Waals surface area contributed by atoms with E-state index >= 15 is 0 Å². The Hall–Kier alpha value is -0.990. The summed E-state index contributed by atoms with van der Waals surface area (Å²) in [6, 6.07) is 0. The maximum Gasteiger partial charge on any atom is 0.305 e. The van der Waals surface area contributed by atoms with E-state index in [1.54, 1.807) is 12.5 Å². The van der Waals surface area contributed by atoms with Gasteiger partial charge in [0.1, 0.15) is 6.61 Å². The van der Waals surface area contributed by atoms with E-state index in [1.807, 2.05) is 6.92 Å². The lowest BCUT2D eigenvalue weighted by atomic mass is 9.47. The van der Waals surface area contributed by atoms with Crippen LogP contribution in [-0.4, -0.2) is 72.1 Å². The van der Waals surface area contributed by atoms with Gasteiger partial charge in [-0.3, -0.25) is 4.79 Å². The first-order chi connectivity index (χ1) is 19.4. The molecule has 0 heterocycles. The summed E-state index contributed by atoms with van der Waals surface area (Å²) in [6.07, 6.45) is 13.3. The van der Waals surface area contributed by atoms with E-state index in [0.29, 0.717) is 30.3 Å². The molecule has 4 aliphatic rings. The lowest BCUT2D eigenvalue weighted by Crippen LogP contribution is -2.51. The van der Waals surface area contributed by atoms with Crippen molar-refractivity contribution in [2.45, 2.75) is 105 Å². The van der Waals surface area contributed by atoms with Crippen molar-refractivity contribution in [2.24, 2.45) is 51.2 Å². The number of esters is 1. The molecule has 0 unspecified atom stereocenters. The van der Waals surface area contributed by atoms with Crippen molar-refractivity contribution in [1.29, 1.82) is 0 Å². The second-order valence-electron chi connectivity index (χ2n) is 15.6. The van der Waals surface area contributed by atoms with Crippen LogP contribution in [0.25, 0.3) is 0 Å². The maximum absolute atomic E-state index is 12.5. The summed E-state index contributed by atoms with van der Waals surface area (Å²) in [7, 11) is 0. The van der Waals surface area contributed by atoms with Crippen LogP contribution in [0.2, 0.25) is 0 Å². The highest BCUT2D eigenvalue weighted by Crippen LogP contribution is 2.67. The lowest BCUT2D eigenvalue weighted by Gasteiger charge is -2.58. The number of ether oxygens (including phenoxy) is 2. The molecule has 0 aromatic heterocycles. The Morgan fingerprint density at radius 1 is 0.951 bits per heavy atom. The summed E-state index contributed by atoms with van der Waals surface area (Å²) in [4.78, 5) is 12.5. The molecule has 0 radical (unpaired) electrons. The second kappa shape index (κ2) is 12.9. The predicted molar refractivity (Wildman–Crippen MR) is 159 cm³/mol. The summed E-state index contributed by atoms with van der Waals surface area (Å²) in [6.45, 7) is 10.8. The van der Waals surface area contributed by atoms with E-state index < -0.39 is 10.8 Å². The molecular weight excluding hydrogens is 520 g/mol. The molecule has 4 aliphatic carbocycles. The molecule has 0 spiro atoms. The van der Waals surface area contributed by atoms with Gasteiger partial charge in [0.2, 0.25) is 0 Å². The molecule has 0 aliphatic heterocycles. The molecule has 0 bridgehead atoms. The molecule has 7 heteroatoms. The molecular formula is C34H58O7. The zero-order valence-electron chi connectivity index (χ0n) is 26.4. The monoisotopic (exact) mass is 578 g/mol. The fourth-order valence-electron chi connectivity index (χ4n) is 9.22. The first-order valence-electron chi connectivity index (χ1n) is 16.3. The highest BCUT2D eigenvalue weighted by molar-refractivity contribution is 5.69. The van der Waals surface area contributed by atoms with Crippen molar-refractivity contribution in [3.05, 3.63) is 11.6 Å². The van der Waals surface area contributed by atoms with Crippen LogP contribution in [0.5, 0.6) is 0 Å². The third-order valence-electron chi connectivity index (χ3n) is 12.4. The Morgan fingerprint density at radius 2 is 1.61 bits per heavy atom. The Morgan fingerprint density at radius 3 is 2.27 bits per heavy atom. The van der Waals surface area contributed by atoms with Gasteiger partial charge in [-0.2, -0.15) is 0 Å². The molecule has 4 N–H and O–H groups in total. The highest BCUT2D eigenvalue weighted by atomic mass is 16.5. The quantitative estimate of drug-likeness (QED) is 0.182. The van der Waals surface area contributed by atoms with Crippen molar-refractivity contribution >= 4 is 5.97 Å². The van der Waals surface area contributed by atoms with Crippen LogP contribution < -0.4 is 0 Å². The van der Waals surface area contributed by atoms with Gasteiger partial charge >= 0.3 is 5.97 Å². The predicted octanol–water partition coefficient (Wildman–Crippen LogP) is 4.89. The van der Waals surface area contributed by atoms with Gasteiger partial charge in [-0.1, -0.05) is 46.3 Å². The van der Waals surface area contributed by atoms with Gasteiger partial charge in [-0.25, -0.2) is 0 Å². The number of hydrogen-bond acceptors (Lipinski definition) is 7. The molecule has 7 nitrogen and oxygen atoms in total.